The van der Waals surface area contributed by atoms with Gasteiger partial charge in [-0.1, -0.05) is 18.2 Å². The van der Waals surface area contributed by atoms with Crippen molar-refractivity contribution in [2.24, 2.45) is 0 Å². The Balaban J connectivity index is 2.66. The van der Waals surface area contributed by atoms with Gasteiger partial charge in [-0.15, -0.1) is 0 Å². The van der Waals surface area contributed by atoms with Crippen molar-refractivity contribution in [1.29, 1.82) is 0 Å². The van der Waals surface area contributed by atoms with Crippen molar-refractivity contribution in [2.75, 3.05) is 7.11 Å². The first-order valence-electron chi connectivity index (χ1n) is 5.51. The summed E-state index contributed by atoms with van der Waals surface area (Å²) in [6, 6.07) is 5.89. The molecule has 0 saturated heterocycles. The second-order valence-electron chi connectivity index (χ2n) is 3.92. The molecule has 0 aliphatic heterocycles. The standard InChI is InChI=1S/C14H9F3O3/c1-20-10-4-2-3-7(11(10)15)8-5-6-9(14(18)19)13(17)12(8)16/h2-6H,1H3,(H,18,19). The molecule has 0 spiro atoms. The SMILES string of the molecule is COc1cccc(-c2ccc(C(=O)O)c(F)c2F)c1F. The third-order valence-corrected chi connectivity index (χ3v) is 2.79. The number of rotatable bonds is 3. The van der Waals surface area contributed by atoms with Gasteiger partial charge in [0.2, 0.25) is 0 Å². The molecule has 1 N–H and O–H groups in total. The summed E-state index contributed by atoms with van der Waals surface area (Å²) in [5, 5.41) is 8.69. The Bertz CT molecular complexity index is 684. The maximum absolute atomic E-state index is 14.0. The molecular formula is C14H9F3O3. The van der Waals surface area contributed by atoms with E-state index in [9.17, 15) is 18.0 Å². The summed E-state index contributed by atoms with van der Waals surface area (Å²) < 4.78 is 46.2. The summed E-state index contributed by atoms with van der Waals surface area (Å²) in [5.41, 5.74) is -1.39. The highest BCUT2D eigenvalue weighted by atomic mass is 19.2. The lowest BCUT2D eigenvalue weighted by Gasteiger charge is -2.09. The van der Waals surface area contributed by atoms with Gasteiger partial charge in [0.05, 0.1) is 12.7 Å². The lowest BCUT2D eigenvalue weighted by Crippen LogP contribution is -2.04. The van der Waals surface area contributed by atoms with Crippen molar-refractivity contribution in [3.05, 3.63) is 53.3 Å². The lowest BCUT2D eigenvalue weighted by molar-refractivity contribution is 0.0690. The van der Waals surface area contributed by atoms with E-state index < -0.39 is 29.0 Å². The van der Waals surface area contributed by atoms with Crippen molar-refractivity contribution >= 4 is 5.97 Å². The number of halogens is 3. The van der Waals surface area contributed by atoms with E-state index in [-0.39, 0.29) is 16.9 Å². The molecule has 0 saturated carbocycles. The van der Waals surface area contributed by atoms with Crippen LogP contribution in [0, 0.1) is 17.5 Å². The average Bonchev–Trinajstić information content (AvgIpc) is 2.42. The van der Waals surface area contributed by atoms with Gasteiger partial charge in [-0.05, 0) is 12.1 Å². The Morgan fingerprint density at radius 1 is 1.00 bits per heavy atom. The Labute approximate surface area is 112 Å². The van der Waals surface area contributed by atoms with E-state index in [1.807, 2.05) is 0 Å². The van der Waals surface area contributed by atoms with E-state index in [0.717, 1.165) is 12.1 Å². The van der Waals surface area contributed by atoms with E-state index >= 15 is 0 Å². The first kappa shape index (κ1) is 13.9. The third kappa shape index (κ3) is 2.20. The molecule has 0 aromatic heterocycles. The fraction of sp³-hybridized carbons (Fsp3) is 0.0714. The minimum absolute atomic E-state index is 0.121. The lowest BCUT2D eigenvalue weighted by atomic mass is 10.0. The number of aromatic carboxylic acids is 1. The molecular weight excluding hydrogens is 273 g/mol. The first-order chi connectivity index (χ1) is 9.47. The monoisotopic (exact) mass is 282 g/mol. The summed E-state index contributed by atoms with van der Waals surface area (Å²) >= 11 is 0. The maximum Gasteiger partial charge on any atom is 0.338 e. The molecule has 6 heteroatoms. The summed E-state index contributed by atoms with van der Waals surface area (Å²) in [6.45, 7) is 0. The molecule has 0 unspecified atom stereocenters. The molecule has 20 heavy (non-hydrogen) atoms. The molecule has 0 aliphatic carbocycles. The summed E-state index contributed by atoms with van der Waals surface area (Å²) in [5.74, 6) is -5.52. The minimum Gasteiger partial charge on any atom is -0.494 e. The smallest absolute Gasteiger partial charge is 0.338 e. The van der Waals surface area contributed by atoms with E-state index in [4.69, 9.17) is 9.84 Å². The highest BCUT2D eigenvalue weighted by Gasteiger charge is 2.21. The van der Waals surface area contributed by atoms with Crippen LogP contribution in [0.5, 0.6) is 5.75 Å². The molecule has 0 atom stereocenters. The van der Waals surface area contributed by atoms with Gasteiger partial charge in [-0.25, -0.2) is 18.0 Å². The van der Waals surface area contributed by atoms with E-state index in [1.165, 1.54) is 25.3 Å². The molecule has 0 radical (unpaired) electrons. The number of hydrogen-bond acceptors (Lipinski definition) is 2. The van der Waals surface area contributed by atoms with Gasteiger partial charge in [0.1, 0.15) is 0 Å². The third-order valence-electron chi connectivity index (χ3n) is 2.79. The predicted molar refractivity (Wildman–Crippen MR) is 65.3 cm³/mol. The Morgan fingerprint density at radius 2 is 1.65 bits per heavy atom. The van der Waals surface area contributed by atoms with Crippen LogP contribution in [-0.4, -0.2) is 18.2 Å². The molecule has 0 amide bonds. The molecule has 0 bridgehead atoms. The van der Waals surface area contributed by atoms with Crippen LogP contribution in [0.3, 0.4) is 0 Å². The van der Waals surface area contributed by atoms with Crippen LogP contribution in [0.25, 0.3) is 11.1 Å². The number of carbonyl (C=O) groups is 1. The minimum atomic E-state index is -1.60. The zero-order valence-corrected chi connectivity index (χ0v) is 10.3. The Hall–Kier alpha value is -2.50. The number of hydrogen-bond donors (Lipinski definition) is 1. The first-order valence-corrected chi connectivity index (χ1v) is 5.51. The van der Waals surface area contributed by atoms with Crippen molar-refractivity contribution in [1.82, 2.24) is 0 Å². The summed E-state index contributed by atoms with van der Waals surface area (Å²) in [7, 11) is 1.24. The summed E-state index contributed by atoms with van der Waals surface area (Å²) in [4.78, 5) is 10.7. The second-order valence-corrected chi connectivity index (χ2v) is 3.92. The average molecular weight is 282 g/mol. The maximum atomic E-state index is 14.0. The van der Waals surface area contributed by atoms with Crippen molar-refractivity contribution in [3.63, 3.8) is 0 Å². The highest BCUT2D eigenvalue weighted by molar-refractivity contribution is 5.89. The van der Waals surface area contributed by atoms with Crippen LogP contribution >= 0.6 is 0 Å². The van der Waals surface area contributed by atoms with Crippen LogP contribution in [-0.2, 0) is 0 Å². The molecule has 0 aliphatic rings. The molecule has 2 aromatic carbocycles. The number of carboxylic acids is 1. The molecule has 104 valence electrons. The fourth-order valence-electron chi connectivity index (χ4n) is 1.80. The highest BCUT2D eigenvalue weighted by Crippen LogP contribution is 2.32. The van der Waals surface area contributed by atoms with Gasteiger partial charge in [0, 0.05) is 11.1 Å². The van der Waals surface area contributed by atoms with E-state index in [1.54, 1.807) is 0 Å². The number of benzene rings is 2. The normalized spacial score (nSPS) is 10.4. The second kappa shape index (κ2) is 5.24. The fourth-order valence-corrected chi connectivity index (χ4v) is 1.80. The predicted octanol–water partition coefficient (Wildman–Crippen LogP) is 3.48. The Morgan fingerprint density at radius 3 is 2.25 bits per heavy atom. The molecule has 3 nitrogen and oxygen atoms in total. The van der Waals surface area contributed by atoms with Gasteiger partial charge < -0.3 is 9.84 Å². The van der Waals surface area contributed by atoms with Crippen molar-refractivity contribution in [2.45, 2.75) is 0 Å². The van der Waals surface area contributed by atoms with Gasteiger partial charge in [-0.3, -0.25) is 0 Å². The van der Waals surface area contributed by atoms with Gasteiger partial charge in [0.25, 0.3) is 0 Å². The summed E-state index contributed by atoms with van der Waals surface area (Å²) in [6.07, 6.45) is 0. The quantitative estimate of drug-likeness (QED) is 0.937. The largest absolute Gasteiger partial charge is 0.494 e. The van der Waals surface area contributed by atoms with E-state index in [0.29, 0.717) is 0 Å². The molecule has 0 fully saturated rings. The molecule has 0 heterocycles. The van der Waals surface area contributed by atoms with Crippen molar-refractivity contribution in [3.8, 4) is 16.9 Å². The Kier molecular flexibility index (Phi) is 3.65. The van der Waals surface area contributed by atoms with Crippen LogP contribution < -0.4 is 4.74 Å². The van der Waals surface area contributed by atoms with Gasteiger partial charge in [0.15, 0.2) is 23.2 Å². The van der Waals surface area contributed by atoms with Crippen LogP contribution in [0.4, 0.5) is 13.2 Å². The molecule has 2 aromatic rings. The topological polar surface area (TPSA) is 46.5 Å². The zero-order valence-electron chi connectivity index (χ0n) is 10.3. The van der Waals surface area contributed by atoms with Crippen molar-refractivity contribution < 1.29 is 27.8 Å². The zero-order chi connectivity index (χ0) is 14.9. The van der Waals surface area contributed by atoms with Gasteiger partial charge >= 0.3 is 5.97 Å². The van der Waals surface area contributed by atoms with Crippen LogP contribution in [0.1, 0.15) is 10.4 Å². The van der Waals surface area contributed by atoms with E-state index in [2.05, 4.69) is 0 Å². The number of carboxylic acid groups (broad SMARTS) is 1. The number of methoxy groups -OCH3 is 1. The number of ether oxygens (including phenoxy) is 1. The molecule has 2 rings (SSSR count). The van der Waals surface area contributed by atoms with Crippen LogP contribution in [0.2, 0.25) is 0 Å². The van der Waals surface area contributed by atoms with Crippen LogP contribution in [0.15, 0.2) is 30.3 Å². The van der Waals surface area contributed by atoms with Gasteiger partial charge in [-0.2, -0.15) is 0 Å².